The van der Waals surface area contributed by atoms with Crippen molar-refractivity contribution in [3.8, 4) is 28.4 Å². The number of phenols is 1. The van der Waals surface area contributed by atoms with Gasteiger partial charge in [-0.1, -0.05) is 0 Å². The molecule has 3 N–H and O–H groups in total. The van der Waals surface area contributed by atoms with E-state index in [-0.39, 0.29) is 5.75 Å². The third-order valence-electron chi connectivity index (χ3n) is 2.72. The van der Waals surface area contributed by atoms with E-state index in [1.807, 2.05) is 0 Å². The van der Waals surface area contributed by atoms with Gasteiger partial charge in [0.1, 0.15) is 17.2 Å². The SMILES string of the molecule is COc1ccc(OC)c(-c2cc(N)ccc2O)c1. The maximum absolute atomic E-state index is 9.92. The van der Waals surface area contributed by atoms with Crippen molar-refractivity contribution in [2.45, 2.75) is 0 Å². The third-order valence-corrected chi connectivity index (χ3v) is 2.72. The Hall–Kier alpha value is -2.36. The minimum absolute atomic E-state index is 0.149. The van der Waals surface area contributed by atoms with Gasteiger partial charge in [-0.15, -0.1) is 0 Å². The molecule has 0 unspecified atom stereocenters. The first kappa shape index (κ1) is 12.1. The topological polar surface area (TPSA) is 64.7 Å². The molecular weight excluding hydrogens is 230 g/mol. The molecule has 4 heteroatoms. The lowest BCUT2D eigenvalue weighted by Crippen LogP contribution is -1.92. The van der Waals surface area contributed by atoms with Gasteiger partial charge in [0, 0.05) is 16.8 Å². The second-order valence-corrected chi connectivity index (χ2v) is 3.84. The average molecular weight is 245 g/mol. The van der Waals surface area contributed by atoms with Gasteiger partial charge in [0.25, 0.3) is 0 Å². The predicted molar refractivity (Wildman–Crippen MR) is 71.1 cm³/mol. The first-order valence-corrected chi connectivity index (χ1v) is 5.46. The maximum Gasteiger partial charge on any atom is 0.127 e. The molecule has 18 heavy (non-hydrogen) atoms. The first-order chi connectivity index (χ1) is 8.65. The van der Waals surface area contributed by atoms with Crippen LogP contribution in [0.3, 0.4) is 0 Å². The van der Waals surface area contributed by atoms with Crippen molar-refractivity contribution in [3.05, 3.63) is 36.4 Å². The van der Waals surface area contributed by atoms with Crippen LogP contribution in [0.15, 0.2) is 36.4 Å². The summed E-state index contributed by atoms with van der Waals surface area (Å²) in [5.74, 6) is 1.49. The molecule has 2 aromatic rings. The number of methoxy groups -OCH3 is 2. The Morgan fingerprint density at radius 2 is 1.72 bits per heavy atom. The van der Waals surface area contributed by atoms with Crippen LogP contribution in [0.5, 0.6) is 17.2 Å². The number of rotatable bonds is 3. The molecule has 0 aliphatic rings. The summed E-state index contributed by atoms with van der Waals surface area (Å²) in [6.45, 7) is 0. The molecule has 0 saturated heterocycles. The molecule has 2 rings (SSSR count). The zero-order valence-electron chi connectivity index (χ0n) is 10.3. The molecule has 0 bridgehead atoms. The van der Waals surface area contributed by atoms with Gasteiger partial charge in [0.15, 0.2) is 0 Å². The molecule has 0 aliphatic carbocycles. The molecule has 94 valence electrons. The third kappa shape index (κ3) is 2.18. The Kier molecular flexibility index (Phi) is 3.28. The number of nitrogen functional groups attached to an aromatic ring is 1. The molecule has 0 radical (unpaired) electrons. The number of aromatic hydroxyl groups is 1. The summed E-state index contributed by atoms with van der Waals surface area (Å²) in [5, 5.41) is 9.92. The summed E-state index contributed by atoms with van der Waals surface area (Å²) in [6.07, 6.45) is 0. The van der Waals surface area contributed by atoms with Crippen LogP contribution in [0.2, 0.25) is 0 Å². The van der Waals surface area contributed by atoms with Gasteiger partial charge in [0.2, 0.25) is 0 Å². The number of anilines is 1. The van der Waals surface area contributed by atoms with Crippen molar-refractivity contribution >= 4 is 5.69 Å². The highest BCUT2D eigenvalue weighted by atomic mass is 16.5. The van der Waals surface area contributed by atoms with Crippen LogP contribution in [0, 0.1) is 0 Å². The molecule has 0 aromatic heterocycles. The van der Waals surface area contributed by atoms with Crippen LogP contribution >= 0.6 is 0 Å². The van der Waals surface area contributed by atoms with Crippen LogP contribution in [-0.4, -0.2) is 19.3 Å². The average Bonchev–Trinajstić information content (AvgIpc) is 2.40. The van der Waals surface area contributed by atoms with E-state index >= 15 is 0 Å². The molecule has 0 amide bonds. The minimum atomic E-state index is 0.149. The van der Waals surface area contributed by atoms with E-state index in [0.29, 0.717) is 22.7 Å². The zero-order chi connectivity index (χ0) is 13.1. The minimum Gasteiger partial charge on any atom is -0.507 e. The first-order valence-electron chi connectivity index (χ1n) is 5.46. The molecule has 0 fully saturated rings. The van der Waals surface area contributed by atoms with Gasteiger partial charge in [0.05, 0.1) is 14.2 Å². The van der Waals surface area contributed by atoms with Crippen LogP contribution in [0.1, 0.15) is 0 Å². The lowest BCUT2D eigenvalue weighted by Gasteiger charge is -2.12. The van der Waals surface area contributed by atoms with Gasteiger partial charge in [-0.25, -0.2) is 0 Å². The summed E-state index contributed by atoms with van der Waals surface area (Å²) in [6, 6.07) is 10.3. The molecule has 0 aliphatic heterocycles. The summed E-state index contributed by atoms with van der Waals surface area (Å²) < 4.78 is 10.5. The van der Waals surface area contributed by atoms with E-state index in [0.717, 1.165) is 5.56 Å². The zero-order valence-corrected chi connectivity index (χ0v) is 10.3. The number of nitrogens with two attached hydrogens (primary N) is 1. The molecule has 4 nitrogen and oxygen atoms in total. The highest BCUT2D eigenvalue weighted by molar-refractivity contribution is 5.79. The molecule has 0 spiro atoms. The number of ether oxygens (including phenoxy) is 2. The standard InChI is InChI=1S/C14H15NO3/c1-17-10-4-6-14(18-2)12(8-10)11-7-9(15)3-5-13(11)16/h3-8,16H,15H2,1-2H3. The van der Waals surface area contributed by atoms with Gasteiger partial charge < -0.3 is 20.3 Å². The second-order valence-electron chi connectivity index (χ2n) is 3.84. The number of benzene rings is 2. The number of hydrogen-bond donors (Lipinski definition) is 2. The Labute approximate surface area is 106 Å². The number of hydrogen-bond acceptors (Lipinski definition) is 4. The van der Waals surface area contributed by atoms with E-state index in [9.17, 15) is 5.11 Å². The summed E-state index contributed by atoms with van der Waals surface area (Å²) in [5.41, 5.74) is 7.67. The summed E-state index contributed by atoms with van der Waals surface area (Å²) in [4.78, 5) is 0. The Balaban J connectivity index is 2.64. The highest BCUT2D eigenvalue weighted by Gasteiger charge is 2.11. The summed E-state index contributed by atoms with van der Waals surface area (Å²) in [7, 11) is 3.17. The second kappa shape index (κ2) is 4.87. The van der Waals surface area contributed by atoms with Gasteiger partial charge in [-0.2, -0.15) is 0 Å². The molecule has 0 atom stereocenters. The fraction of sp³-hybridized carbons (Fsp3) is 0.143. The van der Waals surface area contributed by atoms with Crippen LogP contribution in [0.4, 0.5) is 5.69 Å². The fourth-order valence-electron chi connectivity index (χ4n) is 1.79. The molecule has 0 saturated carbocycles. The predicted octanol–water partition coefficient (Wildman–Crippen LogP) is 2.66. The Morgan fingerprint density at radius 3 is 2.39 bits per heavy atom. The van der Waals surface area contributed by atoms with Crippen LogP contribution in [0.25, 0.3) is 11.1 Å². The Morgan fingerprint density at radius 1 is 0.944 bits per heavy atom. The maximum atomic E-state index is 9.92. The quantitative estimate of drug-likeness (QED) is 0.644. The normalized spacial score (nSPS) is 10.1. The van der Waals surface area contributed by atoms with E-state index in [1.165, 1.54) is 0 Å². The number of phenolic OH excluding ortho intramolecular Hbond substituents is 1. The van der Waals surface area contributed by atoms with Crippen molar-refractivity contribution in [2.24, 2.45) is 0 Å². The van der Waals surface area contributed by atoms with Gasteiger partial charge >= 0.3 is 0 Å². The van der Waals surface area contributed by atoms with Gasteiger partial charge in [-0.05, 0) is 36.4 Å². The molecule has 2 aromatic carbocycles. The fourth-order valence-corrected chi connectivity index (χ4v) is 1.79. The van der Waals surface area contributed by atoms with Crippen molar-refractivity contribution in [1.29, 1.82) is 0 Å². The Bertz CT molecular complexity index is 567. The van der Waals surface area contributed by atoms with E-state index in [1.54, 1.807) is 50.6 Å². The van der Waals surface area contributed by atoms with Gasteiger partial charge in [-0.3, -0.25) is 0 Å². The largest absolute Gasteiger partial charge is 0.507 e. The van der Waals surface area contributed by atoms with Crippen molar-refractivity contribution in [3.63, 3.8) is 0 Å². The van der Waals surface area contributed by atoms with Crippen LogP contribution < -0.4 is 15.2 Å². The van der Waals surface area contributed by atoms with E-state index < -0.39 is 0 Å². The van der Waals surface area contributed by atoms with Crippen molar-refractivity contribution in [2.75, 3.05) is 20.0 Å². The van der Waals surface area contributed by atoms with E-state index in [2.05, 4.69) is 0 Å². The van der Waals surface area contributed by atoms with E-state index in [4.69, 9.17) is 15.2 Å². The van der Waals surface area contributed by atoms with Crippen LogP contribution in [-0.2, 0) is 0 Å². The van der Waals surface area contributed by atoms with Crippen molar-refractivity contribution in [1.82, 2.24) is 0 Å². The summed E-state index contributed by atoms with van der Waals surface area (Å²) >= 11 is 0. The lowest BCUT2D eigenvalue weighted by molar-refractivity contribution is 0.404. The highest BCUT2D eigenvalue weighted by Crippen LogP contribution is 2.38. The lowest BCUT2D eigenvalue weighted by atomic mass is 10.0. The smallest absolute Gasteiger partial charge is 0.127 e. The molecular formula is C14H15NO3. The monoisotopic (exact) mass is 245 g/mol. The van der Waals surface area contributed by atoms with Crippen molar-refractivity contribution < 1.29 is 14.6 Å². The molecule has 0 heterocycles.